The van der Waals surface area contributed by atoms with Crippen molar-refractivity contribution in [3.05, 3.63) is 35.4 Å². The molecule has 0 radical (unpaired) electrons. The Kier molecular flexibility index (Phi) is 3.88. The van der Waals surface area contributed by atoms with Crippen LogP contribution in [0.3, 0.4) is 0 Å². The number of nitrogens with zero attached hydrogens (tertiary/aromatic N) is 1. The van der Waals surface area contributed by atoms with E-state index in [1.54, 1.807) is 24.3 Å². The van der Waals surface area contributed by atoms with E-state index in [4.69, 9.17) is 10.1 Å². The number of amides is 1. The van der Waals surface area contributed by atoms with Gasteiger partial charge in [0.25, 0.3) is 5.91 Å². The van der Waals surface area contributed by atoms with E-state index in [1.807, 2.05) is 13.8 Å². The van der Waals surface area contributed by atoms with Crippen LogP contribution in [0.2, 0.25) is 0 Å². The van der Waals surface area contributed by atoms with Crippen molar-refractivity contribution in [2.45, 2.75) is 26.3 Å². The van der Waals surface area contributed by atoms with Crippen LogP contribution < -0.4 is 0 Å². The average Bonchev–Trinajstić information content (AvgIpc) is 2.68. The Balaban J connectivity index is 2.39. The monoisotopic (exact) mass is 274 g/mol. The highest BCUT2D eigenvalue weighted by Crippen LogP contribution is 2.27. The van der Waals surface area contributed by atoms with Crippen LogP contribution in [0.25, 0.3) is 0 Å². The number of fused-ring (bicyclic) bond motifs is 1. The van der Waals surface area contributed by atoms with Gasteiger partial charge in [-0.15, -0.1) is 0 Å². The van der Waals surface area contributed by atoms with Crippen LogP contribution in [0.15, 0.2) is 24.3 Å². The van der Waals surface area contributed by atoms with Crippen LogP contribution >= 0.6 is 0 Å². The van der Waals surface area contributed by atoms with Gasteiger partial charge < -0.3 is 4.74 Å². The van der Waals surface area contributed by atoms with Crippen molar-refractivity contribution in [1.82, 2.24) is 4.90 Å². The number of hydrogen-bond acceptors (Lipinski definition) is 4. The van der Waals surface area contributed by atoms with Crippen molar-refractivity contribution in [3.8, 4) is 0 Å². The summed E-state index contributed by atoms with van der Waals surface area (Å²) >= 11 is 0. The number of methoxy groups -OCH3 is 1. The lowest BCUT2D eigenvalue weighted by Gasteiger charge is -2.26. The van der Waals surface area contributed by atoms with Crippen molar-refractivity contribution in [1.29, 1.82) is 5.41 Å². The van der Waals surface area contributed by atoms with Crippen molar-refractivity contribution in [3.63, 3.8) is 0 Å². The van der Waals surface area contributed by atoms with Gasteiger partial charge in [0.15, 0.2) is 0 Å². The summed E-state index contributed by atoms with van der Waals surface area (Å²) in [6.45, 7) is 3.93. The second-order valence-electron chi connectivity index (χ2n) is 5.24. The van der Waals surface area contributed by atoms with E-state index in [1.165, 1.54) is 12.0 Å². The maximum Gasteiger partial charge on any atom is 0.329 e. The van der Waals surface area contributed by atoms with Crippen LogP contribution in [0.5, 0.6) is 0 Å². The summed E-state index contributed by atoms with van der Waals surface area (Å²) in [4.78, 5) is 25.6. The van der Waals surface area contributed by atoms with Gasteiger partial charge in [0.05, 0.1) is 12.7 Å². The smallest absolute Gasteiger partial charge is 0.329 e. The first-order chi connectivity index (χ1) is 9.47. The number of rotatable bonds is 4. The summed E-state index contributed by atoms with van der Waals surface area (Å²) in [5.41, 5.74) is 1.03. The molecule has 20 heavy (non-hydrogen) atoms. The van der Waals surface area contributed by atoms with Crippen LogP contribution in [-0.2, 0) is 9.53 Å². The average molecular weight is 274 g/mol. The molecule has 1 aliphatic rings. The van der Waals surface area contributed by atoms with E-state index in [0.717, 1.165) is 0 Å². The lowest BCUT2D eigenvalue weighted by atomic mass is 10.0. The normalized spacial score (nSPS) is 15.5. The molecule has 1 aliphatic heterocycles. The molecule has 1 aromatic carbocycles. The molecule has 0 bridgehead atoms. The molecule has 0 aromatic heterocycles. The topological polar surface area (TPSA) is 70.5 Å². The Morgan fingerprint density at radius 1 is 1.30 bits per heavy atom. The molecule has 1 N–H and O–H groups in total. The molecule has 1 heterocycles. The first-order valence-corrected chi connectivity index (χ1v) is 6.56. The van der Waals surface area contributed by atoms with Crippen molar-refractivity contribution in [2.24, 2.45) is 5.92 Å². The Morgan fingerprint density at radius 3 is 2.40 bits per heavy atom. The summed E-state index contributed by atoms with van der Waals surface area (Å²) in [7, 11) is 1.30. The van der Waals surface area contributed by atoms with Gasteiger partial charge in [0, 0.05) is 5.56 Å². The largest absolute Gasteiger partial charge is 0.467 e. The van der Waals surface area contributed by atoms with Gasteiger partial charge in [-0.2, -0.15) is 0 Å². The zero-order chi connectivity index (χ0) is 14.9. The zero-order valence-electron chi connectivity index (χ0n) is 11.8. The van der Waals surface area contributed by atoms with E-state index in [2.05, 4.69) is 0 Å². The number of nitrogens with one attached hydrogen (secondary N) is 1. The van der Waals surface area contributed by atoms with Crippen LogP contribution in [0.4, 0.5) is 0 Å². The minimum absolute atomic E-state index is 0.0710. The van der Waals surface area contributed by atoms with Crippen LogP contribution in [0, 0.1) is 11.3 Å². The molecular formula is C15H18N2O3. The molecule has 106 valence electrons. The number of esters is 1. The van der Waals surface area contributed by atoms with E-state index in [0.29, 0.717) is 17.5 Å². The number of ether oxygens (including phenoxy) is 1. The fourth-order valence-corrected chi connectivity index (χ4v) is 2.42. The molecule has 0 aliphatic carbocycles. The minimum Gasteiger partial charge on any atom is -0.467 e. The molecule has 0 saturated heterocycles. The maximum absolute atomic E-state index is 12.4. The fourth-order valence-electron chi connectivity index (χ4n) is 2.42. The summed E-state index contributed by atoms with van der Waals surface area (Å²) < 4.78 is 4.79. The molecule has 5 nitrogen and oxygen atoms in total. The molecule has 2 rings (SSSR count). The summed E-state index contributed by atoms with van der Waals surface area (Å²) in [5.74, 6) is -0.503. The van der Waals surface area contributed by atoms with E-state index >= 15 is 0 Å². The third kappa shape index (κ3) is 2.31. The Morgan fingerprint density at radius 2 is 1.90 bits per heavy atom. The molecule has 1 atom stereocenters. The van der Waals surface area contributed by atoms with Crippen molar-refractivity contribution in [2.75, 3.05) is 7.11 Å². The number of hydrogen-bond donors (Lipinski definition) is 1. The van der Waals surface area contributed by atoms with Gasteiger partial charge >= 0.3 is 5.97 Å². The highest BCUT2D eigenvalue weighted by molar-refractivity contribution is 6.23. The lowest BCUT2D eigenvalue weighted by Crippen LogP contribution is -2.46. The molecule has 0 spiro atoms. The molecular weight excluding hydrogens is 256 g/mol. The third-order valence-corrected chi connectivity index (χ3v) is 3.35. The summed E-state index contributed by atoms with van der Waals surface area (Å²) in [6.07, 6.45) is 0.467. The number of carbonyl (C=O) groups is 2. The Bertz CT molecular complexity index is 531. The number of carbonyl (C=O) groups excluding carboxylic acids is 2. The summed E-state index contributed by atoms with van der Waals surface area (Å²) in [6, 6.07) is 6.19. The fraction of sp³-hybridized carbons (Fsp3) is 0.400. The Labute approximate surface area is 118 Å². The SMILES string of the molecule is COC(=O)C(CC(C)C)N1C(=N)c2ccccc2C1=O. The van der Waals surface area contributed by atoms with Gasteiger partial charge in [-0.1, -0.05) is 32.0 Å². The van der Waals surface area contributed by atoms with Gasteiger partial charge in [-0.25, -0.2) is 4.79 Å². The van der Waals surface area contributed by atoms with Crippen molar-refractivity contribution < 1.29 is 14.3 Å². The van der Waals surface area contributed by atoms with Crippen molar-refractivity contribution >= 4 is 17.7 Å². The lowest BCUT2D eigenvalue weighted by molar-refractivity contribution is -0.145. The molecule has 1 unspecified atom stereocenters. The predicted octanol–water partition coefficient (Wildman–Crippen LogP) is 2.06. The first kappa shape index (κ1) is 14.2. The number of benzene rings is 1. The quantitative estimate of drug-likeness (QED) is 0.854. The molecule has 1 aromatic rings. The van der Waals surface area contributed by atoms with Gasteiger partial charge in [0.1, 0.15) is 11.9 Å². The second kappa shape index (κ2) is 5.45. The molecule has 1 amide bonds. The van der Waals surface area contributed by atoms with Gasteiger partial charge in [0.2, 0.25) is 0 Å². The second-order valence-corrected chi connectivity index (χ2v) is 5.24. The van der Waals surface area contributed by atoms with E-state index < -0.39 is 12.0 Å². The van der Waals surface area contributed by atoms with Crippen LogP contribution in [-0.4, -0.2) is 35.8 Å². The highest BCUT2D eigenvalue weighted by Gasteiger charge is 2.41. The minimum atomic E-state index is -0.743. The first-order valence-electron chi connectivity index (χ1n) is 6.56. The summed E-state index contributed by atoms with van der Waals surface area (Å²) in [5, 5.41) is 8.16. The predicted molar refractivity (Wildman–Crippen MR) is 74.7 cm³/mol. The molecule has 0 saturated carbocycles. The van der Waals surface area contributed by atoms with Gasteiger partial charge in [-0.05, 0) is 18.4 Å². The third-order valence-electron chi connectivity index (χ3n) is 3.35. The standard InChI is InChI=1S/C15H18N2O3/c1-9(2)8-12(15(19)20-3)17-13(16)10-6-4-5-7-11(10)14(17)18/h4-7,9,12,16H,8H2,1-3H3. The Hall–Kier alpha value is -2.17. The van der Waals surface area contributed by atoms with E-state index in [9.17, 15) is 9.59 Å². The zero-order valence-corrected chi connectivity index (χ0v) is 11.8. The molecule has 0 fully saturated rings. The molecule has 5 heteroatoms. The number of amidine groups is 1. The van der Waals surface area contributed by atoms with Gasteiger partial charge in [-0.3, -0.25) is 15.1 Å². The van der Waals surface area contributed by atoms with Crippen LogP contribution in [0.1, 0.15) is 36.2 Å². The highest BCUT2D eigenvalue weighted by atomic mass is 16.5. The maximum atomic E-state index is 12.4. The van der Waals surface area contributed by atoms with E-state index in [-0.39, 0.29) is 17.7 Å².